The quantitative estimate of drug-likeness (QED) is 0.754. The number of hydrogen-bond donors (Lipinski definition) is 0. The standard InChI is InChI=1S/C21H25NO3/c1-14-7-10-18(11-8-14)21(24)17(4)22(5)20(23)13-25-19-12-15(2)6-9-16(19)3/h6-12,17H,13H2,1-5H3. The Kier molecular flexibility index (Phi) is 5.97. The molecule has 0 bridgehead atoms. The van der Waals surface area contributed by atoms with Gasteiger partial charge in [-0.2, -0.15) is 0 Å². The lowest BCUT2D eigenvalue weighted by atomic mass is 10.0. The van der Waals surface area contributed by atoms with Crippen molar-refractivity contribution < 1.29 is 14.3 Å². The van der Waals surface area contributed by atoms with E-state index in [2.05, 4.69) is 0 Å². The van der Waals surface area contributed by atoms with Crippen LogP contribution in [0.1, 0.15) is 34.0 Å². The summed E-state index contributed by atoms with van der Waals surface area (Å²) in [7, 11) is 1.63. The Morgan fingerprint density at radius 2 is 1.60 bits per heavy atom. The largest absolute Gasteiger partial charge is 0.483 e. The van der Waals surface area contributed by atoms with Gasteiger partial charge in [0.25, 0.3) is 5.91 Å². The van der Waals surface area contributed by atoms with Crippen LogP contribution in [0.4, 0.5) is 0 Å². The minimum atomic E-state index is -0.544. The molecule has 0 aromatic heterocycles. The minimum absolute atomic E-state index is 0.0809. The topological polar surface area (TPSA) is 46.6 Å². The highest BCUT2D eigenvalue weighted by molar-refractivity contribution is 6.01. The molecular formula is C21H25NO3. The van der Waals surface area contributed by atoms with Crippen LogP contribution in [-0.2, 0) is 4.79 Å². The van der Waals surface area contributed by atoms with Crippen molar-refractivity contribution in [2.24, 2.45) is 0 Å². The average Bonchev–Trinajstić information content (AvgIpc) is 2.61. The first-order chi connectivity index (χ1) is 11.8. The molecule has 0 radical (unpaired) electrons. The number of ether oxygens (including phenoxy) is 1. The van der Waals surface area contributed by atoms with Crippen LogP contribution in [0.3, 0.4) is 0 Å². The molecule has 4 heteroatoms. The first-order valence-electron chi connectivity index (χ1n) is 8.36. The smallest absolute Gasteiger partial charge is 0.260 e. The average molecular weight is 339 g/mol. The number of Topliss-reactive ketones (excluding diaryl/α,β-unsaturated/α-hetero) is 1. The van der Waals surface area contributed by atoms with Gasteiger partial charge in [0, 0.05) is 12.6 Å². The van der Waals surface area contributed by atoms with Gasteiger partial charge in [0.05, 0.1) is 6.04 Å². The van der Waals surface area contributed by atoms with Gasteiger partial charge in [0.15, 0.2) is 12.4 Å². The van der Waals surface area contributed by atoms with Gasteiger partial charge in [-0.3, -0.25) is 9.59 Å². The zero-order chi connectivity index (χ0) is 18.6. The summed E-state index contributed by atoms with van der Waals surface area (Å²) in [5.74, 6) is 0.385. The molecule has 1 amide bonds. The van der Waals surface area contributed by atoms with Gasteiger partial charge in [-0.1, -0.05) is 42.0 Å². The predicted octanol–water partition coefficient (Wildman–Crippen LogP) is 3.72. The molecule has 1 atom stereocenters. The molecule has 2 aromatic rings. The molecule has 0 heterocycles. The van der Waals surface area contributed by atoms with Crippen LogP contribution in [0.15, 0.2) is 42.5 Å². The van der Waals surface area contributed by atoms with Crippen molar-refractivity contribution in [3.8, 4) is 5.75 Å². The lowest BCUT2D eigenvalue weighted by Gasteiger charge is -2.24. The maximum atomic E-state index is 12.5. The van der Waals surface area contributed by atoms with Crippen molar-refractivity contribution in [2.75, 3.05) is 13.7 Å². The third-order valence-electron chi connectivity index (χ3n) is 4.38. The predicted molar refractivity (Wildman–Crippen MR) is 99.2 cm³/mol. The Morgan fingerprint density at radius 3 is 2.24 bits per heavy atom. The number of likely N-dealkylation sites (N-methyl/N-ethyl adjacent to an activating group) is 1. The Hall–Kier alpha value is -2.62. The summed E-state index contributed by atoms with van der Waals surface area (Å²) < 4.78 is 5.65. The lowest BCUT2D eigenvalue weighted by Crippen LogP contribution is -2.42. The number of hydrogen-bond acceptors (Lipinski definition) is 3. The van der Waals surface area contributed by atoms with Crippen LogP contribution in [0.5, 0.6) is 5.75 Å². The Balaban J connectivity index is 1.99. The summed E-state index contributed by atoms with van der Waals surface area (Å²) in [5.41, 5.74) is 3.75. The summed E-state index contributed by atoms with van der Waals surface area (Å²) in [4.78, 5) is 26.4. The number of rotatable bonds is 6. The van der Waals surface area contributed by atoms with Gasteiger partial charge in [-0.05, 0) is 44.9 Å². The number of nitrogens with zero attached hydrogens (tertiary/aromatic N) is 1. The summed E-state index contributed by atoms with van der Waals surface area (Å²) in [6.07, 6.45) is 0. The van der Waals surface area contributed by atoms with Gasteiger partial charge in [-0.25, -0.2) is 0 Å². The van der Waals surface area contributed by atoms with E-state index in [1.165, 1.54) is 4.90 Å². The summed E-state index contributed by atoms with van der Waals surface area (Å²) >= 11 is 0. The number of ketones is 1. The van der Waals surface area contributed by atoms with E-state index in [9.17, 15) is 9.59 Å². The minimum Gasteiger partial charge on any atom is -0.483 e. The van der Waals surface area contributed by atoms with E-state index in [0.717, 1.165) is 16.7 Å². The molecule has 132 valence electrons. The maximum Gasteiger partial charge on any atom is 0.260 e. The van der Waals surface area contributed by atoms with Crippen LogP contribution in [0, 0.1) is 20.8 Å². The third-order valence-corrected chi connectivity index (χ3v) is 4.38. The molecule has 4 nitrogen and oxygen atoms in total. The van der Waals surface area contributed by atoms with Crippen LogP contribution in [0.2, 0.25) is 0 Å². The Morgan fingerprint density at radius 1 is 1.00 bits per heavy atom. The van der Waals surface area contributed by atoms with Crippen molar-refractivity contribution in [1.82, 2.24) is 4.90 Å². The van der Waals surface area contributed by atoms with Crippen molar-refractivity contribution in [3.63, 3.8) is 0 Å². The second-order valence-corrected chi connectivity index (χ2v) is 6.47. The van der Waals surface area contributed by atoms with Crippen LogP contribution in [0.25, 0.3) is 0 Å². The summed E-state index contributed by atoms with van der Waals surface area (Å²) in [6, 6.07) is 12.7. The summed E-state index contributed by atoms with van der Waals surface area (Å²) in [5, 5.41) is 0. The maximum absolute atomic E-state index is 12.5. The fourth-order valence-corrected chi connectivity index (χ4v) is 2.46. The molecule has 0 aliphatic rings. The highest BCUT2D eigenvalue weighted by Gasteiger charge is 2.23. The monoisotopic (exact) mass is 339 g/mol. The van der Waals surface area contributed by atoms with Crippen molar-refractivity contribution >= 4 is 11.7 Å². The van der Waals surface area contributed by atoms with E-state index in [-0.39, 0.29) is 18.3 Å². The Bertz CT molecular complexity index is 765. The molecule has 0 aliphatic heterocycles. The van der Waals surface area contributed by atoms with E-state index in [1.807, 2.05) is 51.1 Å². The van der Waals surface area contributed by atoms with Gasteiger partial charge in [0.1, 0.15) is 5.75 Å². The molecule has 0 aliphatic carbocycles. The van der Waals surface area contributed by atoms with Crippen LogP contribution >= 0.6 is 0 Å². The van der Waals surface area contributed by atoms with Gasteiger partial charge >= 0.3 is 0 Å². The molecule has 0 saturated carbocycles. The fraction of sp³-hybridized carbons (Fsp3) is 0.333. The number of amides is 1. The van der Waals surface area contributed by atoms with Crippen LogP contribution in [-0.4, -0.2) is 36.3 Å². The highest BCUT2D eigenvalue weighted by Crippen LogP contribution is 2.19. The molecule has 0 saturated heterocycles. The molecular weight excluding hydrogens is 314 g/mol. The van der Waals surface area contributed by atoms with E-state index < -0.39 is 6.04 Å². The normalized spacial score (nSPS) is 11.7. The highest BCUT2D eigenvalue weighted by atomic mass is 16.5. The van der Waals surface area contributed by atoms with Gasteiger partial charge < -0.3 is 9.64 Å². The number of aryl methyl sites for hydroxylation is 3. The number of benzene rings is 2. The molecule has 0 N–H and O–H groups in total. The fourth-order valence-electron chi connectivity index (χ4n) is 2.46. The molecule has 0 fully saturated rings. The van der Waals surface area contributed by atoms with Crippen molar-refractivity contribution in [2.45, 2.75) is 33.7 Å². The zero-order valence-corrected chi connectivity index (χ0v) is 15.5. The molecule has 1 unspecified atom stereocenters. The van der Waals surface area contributed by atoms with Crippen molar-refractivity contribution in [1.29, 1.82) is 0 Å². The first-order valence-corrected chi connectivity index (χ1v) is 8.36. The van der Waals surface area contributed by atoms with E-state index in [4.69, 9.17) is 4.74 Å². The third kappa shape index (κ3) is 4.69. The van der Waals surface area contributed by atoms with Gasteiger partial charge in [0.2, 0.25) is 0 Å². The van der Waals surface area contributed by atoms with Gasteiger partial charge in [-0.15, -0.1) is 0 Å². The Labute approximate surface area is 149 Å². The van der Waals surface area contributed by atoms with Crippen molar-refractivity contribution in [3.05, 3.63) is 64.7 Å². The summed E-state index contributed by atoms with van der Waals surface area (Å²) in [6.45, 7) is 7.53. The number of carbonyl (C=O) groups is 2. The van der Waals surface area contributed by atoms with E-state index in [0.29, 0.717) is 11.3 Å². The molecule has 2 rings (SSSR count). The zero-order valence-electron chi connectivity index (χ0n) is 15.5. The lowest BCUT2D eigenvalue weighted by molar-refractivity contribution is -0.133. The molecule has 25 heavy (non-hydrogen) atoms. The first kappa shape index (κ1) is 18.7. The van der Waals surface area contributed by atoms with E-state index in [1.54, 1.807) is 26.1 Å². The van der Waals surface area contributed by atoms with E-state index >= 15 is 0 Å². The number of carbonyl (C=O) groups excluding carboxylic acids is 2. The second-order valence-electron chi connectivity index (χ2n) is 6.47. The second kappa shape index (κ2) is 7.97. The molecule has 0 spiro atoms. The molecule has 2 aromatic carbocycles. The van der Waals surface area contributed by atoms with Crippen LogP contribution < -0.4 is 4.74 Å². The SMILES string of the molecule is Cc1ccc(C(=O)C(C)N(C)C(=O)COc2cc(C)ccc2C)cc1.